The standard InChI is InChI=1S/C17H20N2O2/c18-11-17-16-10-15(21-14-4-2-1-3-5-14)7-6-13(16)12-19(17)8-9-20/h1-7,10,17,20H,8-9,11-12,18H2. The molecule has 4 heteroatoms. The molecule has 0 saturated heterocycles. The van der Waals surface area contributed by atoms with E-state index in [1.165, 1.54) is 11.1 Å². The van der Waals surface area contributed by atoms with Crippen LogP contribution in [0, 0.1) is 0 Å². The second kappa shape index (κ2) is 6.26. The van der Waals surface area contributed by atoms with Crippen LogP contribution in [0.1, 0.15) is 17.2 Å². The number of rotatable bonds is 5. The van der Waals surface area contributed by atoms with Crippen LogP contribution in [-0.2, 0) is 6.54 Å². The number of para-hydroxylation sites is 1. The molecule has 1 unspecified atom stereocenters. The van der Waals surface area contributed by atoms with E-state index in [1.54, 1.807) is 0 Å². The van der Waals surface area contributed by atoms with Gasteiger partial charge >= 0.3 is 0 Å². The molecule has 0 saturated carbocycles. The molecule has 3 N–H and O–H groups in total. The van der Waals surface area contributed by atoms with E-state index >= 15 is 0 Å². The van der Waals surface area contributed by atoms with Crippen molar-refractivity contribution in [2.24, 2.45) is 5.73 Å². The first-order chi connectivity index (χ1) is 10.3. The fraction of sp³-hybridized carbons (Fsp3) is 0.294. The van der Waals surface area contributed by atoms with Crippen LogP contribution in [-0.4, -0.2) is 29.7 Å². The molecule has 1 heterocycles. The number of ether oxygens (including phenoxy) is 1. The summed E-state index contributed by atoms with van der Waals surface area (Å²) in [5.41, 5.74) is 8.38. The van der Waals surface area contributed by atoms with Crippen molar-refractivity contribution in [3.8, 4) is 11.5 Å². The lowest BCUT2D eigenvalue weighted by Crippen LogP contribution is -2.30. The lowest BCUT2D eigenvalue weighted by atomic mass is 10.0. The zero-order valence-corrected chi connectivity index (χ0v) is 11.9. The maximum atomic E-state index is 9.16. The third kappa shape index (κ3) is 2.93. The summed E-state index contributed by atoms with van der Waals surface area (Å²) < 4.78 is 5.88. The van der Waals surface area contributed by atoms with E-state index in [2.05, 4.69) is 17.0 Å². The Morgan fingerprint density at radius 1 is 1.14 bits per heavy atom. The molecule has 110 valence electrons. The molecule has 0 bridgehead atoms. The smallest absolute Gasteiger partial charge is 0.127 e. The monoisotopic (exact) mass is 284 g/mol. The summed E-state index contributed by atoms with van der Waals surface area (Å²) >= 11 is 0. The van der Waals surface area contributed by atoms with Crippen LogP contribution in [0.2, 0.25) is 0 Å². The van der Waals surface area contributed by atoms with Crippen LogP contribution in [0.25, 0.3) is 0 Å². The van der Waals surface area contributed by atoms with Crippen molar-refractivity contribution in [3.63, 3.8) is 0 Å². The van der Waals surface area contributed by atoms with Gasteiger partial charge < -0.3 is 15.6 Å². The van der Waals surface area contributed by atoms with Crippen molar-refractivity contribution < 1.29 is 9.84 Å². The first-order valence-corrected chi connectivity index (χ1v) is 7.22. The fourth-order valence-corrected chi connectivity index (χ4v) is 2.88. The number of nitrogens with two attached hydrogens (primary N) is 1. The summed E-state index contributed by atoms with van der Waals surface area (Å²) in [4.78, 5) is 2.21. The molecule has 2 aromatic carbocycles. The number of benzene rings is 2. The van der Waals surface area contributed by atoms with Gasteiger partial charge in [0, 0.05) is 25.7 Å². The number of fused-ring (bicyclic) bond motifs is 1. The molecule has 0 radical (unpaired) electrons. The molecule has 3 rings (SSSR count). The number of hydrogen-bond acceptors (Lipinski definition) is 4. The largest absolute Gasteiger partial charge is 0.457 e. The average molecular weight is 284 g/mol. The lowest BCUT2D eigenvalue weighted by molar-refractivity contribution is 0.164. The van der Waals surface area contributed by atoms with Gasteiger partial charge in [-0.2, -0.15) is 0 Å². The second-order valence-electron chi connectivity index (χ2n) is 5.22. The highest BCUT2D eigenvalue weighted by atomic mass is 16.5. The summed E-state index contributed by atoms with van der Waals surface area (Å²) in [6, 6.07) is 16.0. The minimum absolute atomic E-state index is 0.151. The molecule has 21 heavy (non-hydrogen) atoms. The van der Waals surface area contributed by atoms with Gasteiger partial charge in [-0.25, -0.2) is 0 Å². The van der Waals surface area contributed by atoms with Gasteiger partial charge in [0.1, 0.15) is 11.5 Å². The Morgan fingerprint density at radius 2 is 1.95 bits per heavy atom. The summed E-state index contributed by atoms with van der Waals surface area (Å²) in [6.45, 7) is 2.18. The van der Waals surface area contributed by atoms with Crippen LogP contribution in [0.15, 0.2) is 48.5 Å². The summed E-state index contributed by atoms with van der Waals surface area (Å²) in [6.07, 6.45) is 0. The first kappa shape index (κ1) is 14.1. The normalized spacial score (nSPS) is 17.7. The predicted octanol–water partition coefficient (Wildman–Crippen LogP) is 2.29. The van der Waals surface area contributed by atoms with E-state index in [0.717, 1.165) is 18.0 Å². The van der Waals surface area contributed by atoms with E-state index in [-0.39, 0.29) is 12.6 Å². The molecule has 0 fully saturated rings. The van der Waals surface area contributed by atoms with Gasteiger partial charge in [0.25, 0.3) is 0 Å². The van der Waals surface area contributed by atoms with Gasteiger partial charge in [-0.3, -0.25) is 4.90 Å². The molecular weight excluding hydrogens is 264 g/mol. The molecule has 1 aliphatic rings. The Morgan fingerprint density at radius 3 is 2.67 bits per heavy atom. The quantitative estimate of drug-likeness (QED) is 0.884. The van der Waals surface area contributed by atoms with Crippen molar-refractivity contribution in [1.82, 2.24) is 4.90 Å². The van der Waals surface area contributed by atoms with E-state index in [4.69, 9.17) is 15.6 Å². The Kier molecular flexibility index (Phi) is 4.20. The van der Waals surface area contributed by atoms with Gasteiger partial charge in [-0.1, -0.05) is 24.3 Å². The molecular formula is C17H20N2O2. The van der Waals surface area contributed by atoms with Gasteiger partial charge in [-0.05, 0) is 35.4 Å². The average Bonchev–Trinajstić information content (AvgIpc) is 2.85. The Hall–Kier alpha value is -1.88. The van der Waals surface area contributed by atoms with E-state index in [1.807, 2.05) is 36.4 Å². The van der Waals surface area contributed by atoms with E-state index in [0.29, 0.717) is 13.1 Å². The van der Waals surface area contributed by atoms with Crippen molar-refractivity contribution >= 4 is 0 Å². The Labute approximate surface area is 124 Å². The lowest BCUT2D eigenvalue weighted by Gasteiger charge is -2.22. The molecule has 2 aromatic rings. The number of β-amino-alcohol motifs (C(OH)–C–C–N with tert-alkyl or cyclic N) is 1. The van der Waals surface area contributed by atoms with Crippen molar-refractivity contribution in [1.29, 1.82) is 0 Å². The zero-order chi connectivity index (χ0) is 14.7. The third-order valence-electron chi connectivity index (χ3n) is 3.88. The Balaban J connectivity index is 1.84. The van der Waals surface area contributed by atoms with Crippen LogP contribution in [0.4, 0.5) is 0 Å². The summed E-state index contributed by atoms with van der Waals surface area (Å²) in [5.74, 6) is 1.65. The molecule has 0 aliphatic carbocycles. The van der Waals surface area contributed by atoms with Crippen molar-refractivity contribution in [3.05, 3.63) is 59.7 Å². The minimum atomic E-state index is 0.151. The predicted molar refractivity (Wildman–Crippen MR) is 82.2 cm³/mol. The molecule has 0 spiro atoms. The zero-order valence-electron chi connectivity index (χ0n) is 11.9. The van der Waals surface area contributed by atoms with Gasteiger partial charge in [0.05, 0.1) is 6.61 Å². The third-order valence-corrected chi connectivity index (χ3v) is 3.88. The van der Waals surface area contributed by atoms with E-state index < -0.39 is 0 Å². The number of nitrogens with zero attached hydrogens (tertiary/aromatic N) is 1. The molecule has 0 amide bonds. The van der Waals surface area contributed by atoms with Crippen molar-refractivity contribution in [2.75, 3.05) is 19.7 Å². The number of aliphatic hydroxyl groups is 1. The highest BCUT2D eigenvalue weighted by Gasteiger charge is 2.28. The van der Waals surface area contributed by atoms with Crippen LogP contribution in [0.3, 0.4) is 0 Å². The molecule has 4 nitrogen and oxygen atoms in total. The fourth-order valence-electron chi connectivity index (χ4n) is 2.88. The van der Waals surface area contributed by atoms with Crippen LogP contribution >= 0.6 is 0 Å². The number of aliphatic hydroxyl groups excluding tert-OH is 1. The van der Waals surface area contributed by atoms with Crippen LogP contribution in [0.5, 0.6) is 11.5 Å². The maximum Gasteiger partial charge on any atom is 0.127 e. The highest BCUT2D eigenvalue weighted by molar-refractivity contribution is 5.42. The maximum absolute atomic E-state index is 9.16. The molecule has 1 atom stereocenters. The topological polar surface area (TPSA) is 58.7 Å². The molecule has 1 aliphatic heterocycles. The van der Waals surface area contributed by atoms with Crippen molar-refractivity contribution in [2.45, 2.75) is 12.6 Å². The second-order valence-corrected chi connectivity index (χ2v) is 5.22. The Bertz CT molecular complexity index is 601. The SMILES string of the molecule is NCC1c2cc(Oc3ccccc3)ccc2CN1CCO. The number of hydrogen-bond donors (Lipinski definition) is 2. The van der Waals surface area contributed by atoms with Gasteiger partial charge in [0.15, 0.2) is 0 Å². The van der Waals surface area contributed by atoms with E-state index in [9.17, 15) is 0 Å². The molecule has 0 aromatic heterocycles. The first-order valence-electron chi connectivity index (χ1n) is 7.22. The van der Waals surface area contributed by atoms with Gasteiger partial charge in [-0.15, -0.1) is 0 Å². The highest BCUT2D eigenvalue weighted by Crippen LogP contribution is 2.36. The minimum Gasteiger partial charge on any atom is -0.457 e. The van der Waals surface area contributed by atoms with Crippen LogP contribution < -0.4 is 10.5 Å². The summed E-state index contributed by atoms with van der Waals surface area (Å²) in [5, 5.41) is 9.16. The van der Waals surface area contributed by atoms with Gasteiger partial charge in [0.2, 0.25) is 0 Å². The summed E-state index contributed by atoms with van der Waals surface area (Å²) in [7, 11) is 0.